The molecule has 0 amide bonds. The minimum Gasteiger partial charge on any atom is -0.295 e. The Kier molecular flexibility index (Phi) is 1.91. The van der Waals surface area contributed by atoms with Crippen LogP contribution >= 0.6 is 0 Å². The molecule has 62 valence electrons. The lowest BCUT2D eigenvalue weighted by Crippen LogP contribution is -2.13. The van der Waals surface area contributed by atoms with Crippen molar-refractivity contribution in [3.63, 3.8) is 0 Å². The molecule has 1 heteroatoms. The standard InChI is InChI=1S/C10H16O/c1-5-10(4)6-9(11)7(2)8(10)3/h5-6H2,1-4H3. The third-order valence-electron chi connectivity index (χ3n) is 3.22. The zero-order chi connectivity index (χ0) is 8.65. The third kappa shape index (κ3) is 1.13. The molecule has 0 aromatic heterocycles. The fraction of sp³-hybridized carbons (Fsp3) is 0.700. The van der Waals surface area contributed by atoms with Gasteiger partial charge in [-0.05, 0) is 31.3 Å². The highest BCUT2D eigenvalue weighted by Gasteiger charge is 2.35. The third-order valence-corrected chi connectivity index (χ3v) is 3.22. The van der Waals surface area contributed by atoms with Crippen molar-refractivity contribution in [3.05, 3.63) is 11.1 Å². The number of hydrogen-bond donors (Lipinski definition) is 0. The first-order chi connectivity index (χ1) is 5.01. The van der Waals surface area contributed by atoms with Crippen molar-refractivity contribution in [2.24, 2.45) is 5.41 Å². The van der Waals surface area contributed by atoms with E-state index in [1.54, 1.807) is 0 Å². The maximum Gasteiger partial charge on any atom is 0.159 e. The zero-order valence-corrected chi connectivity index (χ0v) is 7.82. The highest BCUT2D eigenvalue weighted by Crippen LogP contribution is 2.42. The summed E-state index contributed by atoms with van der Waals surface area (Å²) in [4.78, 5) is 11.3. The molecule has 0 aromatic rings. The van der Waals surface area contributed by atoms with Crippen LogP contribution < -0.4 is 0 Å². The minimum atomic E-state index is 0.168. The van der Waals surface area contributed by atoms with Crippen molar-refractivity contribution in [3.8, 4) is 0 Å². The maximum atomic E-state index is 11.3. The number of Topliss-reactive ketones (excluding diaryl/α,β-unsaturated/α-hetero) is 1. The molecule has 0 N–H and O–H groups in total. The number of carbonyl (C=O) groups is 1. The second kappa shape index (κ2) is 2.47. The Hall–Kier alpha value is -0.590. The highest BCUT2D eigenvalue weighted by atomic mass is 16.1. The highest BCUT2D eigenvalue weighted by molar-refractivity contribution is 5.99. The van der Waals surface area contributed by atoms with Crippen molar-refractivity contribution >= 4 is 5.78 Å². The largest absolute Gasteiger partial charge is 0.295 e. The molecule has 1 nitrogen and oxygen atoms in total. The van der Waals surface area contributed by atoms with E-state index in [0.29, 0.717) is 5.78 Å². The lowest BCUT2D eigenvalue weighted by molar-refractivity contribution is -0.115. The van der Waals surface area contributed by atoms with E-state index in [2.05, 4.69) is 20.8 Å². The van der Waals surface area contributed by atoms with E-state index in [9.17, 15) is 4.79 Å². The molecule has 0 aliphatic heterocycles. The van der Waals surface area contributed by atoms with Crippen molar-refractivity contribution in [2.75, 3.05) is 0 Å². The van der Waals surface area contributed by atoms with Gasteiger partial charge in [-0.15, -0.1) is 0 Å². The van der Waals surface area contributed by atoms with Gasteiger partial charge in [0.15, 0.2) is 5.78 Å². The van der Waals surface area contributed by atoms with Crippen LogP contribution in [0.25, 0.3) is 0 Å². The van der Waals surface area contributed by atoms with Gasteiger partial charge in [0.2, 0.25) is 0 Å². The summed E-state index contributed by atoms with van der Waals surface area (Å²) in [5, 5.41) is 0. The van der Waals surface area contributed by atoms with Gasteiger partial charge in [-0.3, -0.25) is 4.79 Å². The number of allylic oxidation sites excluding steroid dienone is 2. The Morgan fingerprint density at radius 2 is 2.00 bits per heavy atom. The van der Waals surface area contributed by atoms with Crippen LogP contribution in [0, 0.1) is 5.41 Å². The smallest absolute Gasteiger partial charge is 0.159 e. The van der Waals surface area contributed by atoms with Crippen LogP contribution in [0.3, 0.4) is 0 Å². The van der Waals surface area contributed by atoms with Crippen molar-refractivity contribution in [2.45, 2.75) is 40.5 Å². The average Bonchev–Trinajstić information content (AvgIpc) is 2.17. The van der Waals surface area contributed by atoms with Crippen molar-refractivity contribution in [1.82, 2.24) is 0 Å². The van der Waals surface area contributed by atoms with Crippen LogP contribution in [0.5, 0.6) is 0 Å². The van der Waals surface area contributed by atoms with Gasteiger partial charge < -0.3 is 0 Å². The molecule has 1 unspecified atom stereocenters. The number of rotatable bonds is 1. The van der Waals surface area contributed by atoms with Gasteiger partial charge in [0.1, 0.15) is 0 Å². The van der Waals surface area contributed by atoms with Crippen LogP contribution in [-0.4, -0.2) is 5.78 Å². The Morgan fingerprint density at radius 3 is 2.18 bits per heavy atom. The predicted octanol–water partition coefficient (Wildman–Crippen LogP) is 2.71. The molecule has 0 radical (unpaired) electrons. The monoisotopic (exact) mass is 152 g/mol. The van der Waals surface area contributed by atoms with Crippen LogP contribution in [0.1, 0.15) is 40.5 Å². The molecule has 1 aliphatic carbocycles. The van der Waals surface area contributed by atoms with Gasteiger partial charge in [-0.25, -0.2) is 0 Å². The molecule has 0 saturated heterocycles. The topological polar surface area (TPSA) is 17.1 Å². The van der Waals surface area contributed by atoms with Gasteiger partial charge in [0.25, 0.3) is 0 Å². The molecule has 1 rings (SSSR count). The summed E-state index contributed by atoms with van der Waals surface area (Å²) in [6.07, 6.45) is 1.79. The SMILES string of the molecule is CCC1(C)CC(=O)C(C)=C1C. The first kappa shape index (κ1) is 8.51. The van der Waals surface area contributed by atoms with Crippen LogP contribution in [0.15, 0.2) is 11.1 Å². The number of hydrogen-bond acceptors (Lipinski definition) is 1. The van der Waals surface area contributed by atoms with E-state index >= 15 is 0 Å². The number of ketones is 1. The summed E-state index contributed by atoms with van der Waals surface area (Å²) in [6.45, 7) is 8.36. The van der Waals surface area contributed by atoms with Gasteiger partial charge >= 0.3 is 0 Å². The van der Waals surface area contributed by atoms with Gasteiger partial charge in [-0.2, -0.15) is 0 Å². The minimum absolute atomic E-state index is 0.168. The summed E-state index contributed by atoms with van der Waals surface area (Å²) >= 11 is 0. The van der Waals surface area contributed by atoms with Gasteiger partial charge in [0, 0.05) is 6.42 Å². The van der Waals surface area contributed by atoms with Crippen LogP contribution in [0.4, 0.5) is 0 Å². The molecular formula is C10H16O. The molecular weight excluding hydrogens is 136 g/mol. The first-order valence-electron chi connectivity index (χ1n) is 4.22. The fourth-order valence-corrected chi connectivity index (χ4v) is 1.67. The Balaban J connectivity index is 3.03. The lowest BCUT2D eigenvalue weighted by Gasteiger charge is -2.22. The summed E-state index contributed by atoms with van der Waals surface area (Å²) in [5.74, 6) is 0.340. The van der Waals surface area contributed by atoms with Crippen molar-refractivity contribution < 1.29 is 4.79 Å². The summed E-state index contributed by atoms with van der Waals surface area (Å²) in [7, 11) is 0. The van der Waals surface area contributed by atoms with Gasteiger partial charge in [0.05, 0.1) is 0 Å². The normalized spacial score (nSPS) is 31.8. The summed E-state index contributed by atoms with van der Waals surface area (Å²) in [5.41, 5.74) is 2.46. The Morgan fingerprint density at radius 1 is 1.45 bits per heavy atom. The van der Waals surface area contributed by atoms with E-state index in [0.717, 1.165) is 18.4 Å². The summed E-state index contributed by atoms with van der Waals surface area (Å²) in [6, 6.07) is 0. The molecule has 11 heavy (non-hydrogen) atoms. The molecule has 0 bridgehead atoms. The van der Waals surface area contributed by atoms with E-state index in [1.165, 1.54) is 5.57 Å². The Bertz CT molecular complexity index is 225. The second-order valence-electron chi connectivity index (χ2n) is 3.76. The van der Waals surface area contributed by atoms with E-state index in [4.69, 9.17) is 0 Å². The maximum absolute atomic E-state index is 11.3. The van der Waals surface area contributed by atoms with Crippen LogP contribution in [-0.2, 0) is 4.79 Å². The fourth-order valence-electron chi connectivity index (χ4n) is 1.67. The quantitative estimate of drug-likeness (QED) is 0.564. The molecule has 0 aromatic carbocycles. The molecule has 0 heterocycles. The zero-order valence-electron chi connectivity index (χ0n) is 7.82. The molecule has 0 saturated carbocycles. The second-order valence-corrected chi connectivity index (χ2v) is 3.76. The molecule has 0 fully saturated rings. The predicted molar refractivity (Wildman–Crippen MR) is 46.4 cm³/mol. The van der Waals surface area contributed by atoms with E-state index in [1.807, 2.05) is 6.92 Å². The molecule has 1 aliphatic rings. The lowest BCUT2D eigenvalue weighted by atomic mass is 9.81. The average molecular weight is 152 g/mol. The first-order valence-corrected chi connectivity index (χ1v) is 4.22. The van der Waals surface area contributed by atoms with Crippen LogP contribution in [0.2, 0.25) is 0 Å². The van der Waals surface area contributed by atoms with Gasteiger partial charge in [-0.1, -0.05) is 19.4 Å². The van der Waals surface area contributed by atoms with E-state index in [-0.39, 0.29) is 5.41 Å². The Labute approximate surface area is 68.5 Å². The molecule has 1 atom stereocenters. The number of carbonyl (C=O) groups excluding carboxylic acids is 1. The summed E-state index contributed by atoms with van der Waals surface area (Å²) < 4.78 is 0. The van der Waals surface area contributed by atoms with Crippen molar-refractivity contribution in [1.29, 1.82) is 0 Å². The van der Waals surface area contributed by atoms with E-state index < -0.39 is 0 Å². The molecule has 0 spiro atoms.